The third-order valence-corrected chi connectivity index (χ3v) is 3.08. The van der Waals surface area contributed by atoms with Gasteiger partial charge in [0, 0.05) is 20.1 Å². The minimum atomic E-state index is 0.693. The first kappa shape index (κ1) is 12.1. The molecule has 0 aliphatic rings. The summed E-state index contributed by atoms with van der Waals surface area (Å²) < 4.78 is 2.12. The Kier molecular flexibility index (Phi) is 3.76. The molecule has 4 nitrogen and oxygen atoms in total. The number of aromatic nitrogens is 2. The second-order valence-electron chi connectivity index (χ2n) is 4.33. The zero-order valence-electron chi connectivity index (χ0n) is 10.5. The molecule has 0 saturated carbocycles. The molecule has 2 aromatic rings. The Morgan fingerprint density at radius 3 is 2.94 bits per heavy atom. The van der Waals surface area contributed by atoms with E-state index in [0.717, 1.165) is 30.9 Å². The molecule has 0 spiro atoms. The molecule has 0 radical (unpaired) electrons. The van der Waals surface area contributed by atoms with Crippen LogP contribution in [0.5, 0.6) is 0 Å². The van der Waals surface area contributed by atoms with Crippen molar-refractivity contribution in [3.63, 3.8) is 0 Å². The van der Waals surface area contributed by atoms with Gasteiger partial charge in [-0.2, -0.15) is 0 Å². The van der Waals surface area contributed by atoms with Crippen LogP contribution in [0, 0.1) is 6.92 Å². The van der Waals surface area contributed by atoms with Gasteiger partial charge in [0.25, 0.3) is 0 Å². The maximum Gasteiger partial charge on any atom is 0.106 e. The Morgan fingerprint density at radius 1 is 1.35 bits per heavy atom. The Hall–Kier alpha value is -1.39. The summed E-state index contributed by atoms with van der Waals surface area (Å²) in [4.78, 5) is 4.54. The highest BCUT2D eigenvalue weighted by atomic mass is 15.0. The van der Waals surface area contributed by atoms with Gasteiger partial charge in [-0.25, -0.2) is 4.98 Å². The second-order valence-corrected chi connectivity index (χ2v) is 4.33. The number of aryl methyl sites for hydroxylation is 2. The van der Waals surface area contributed by atoms with E-state index in [-0.39, 0.29) is 0 Å². The van der Waals surface area contributed by atoms with Gasteiger partial charge < -0.3 is 15.6 Å². The molecular weight excluding hydrogens is 212 g/mol. The lowest BCUT2D eigenvalue weighted by Gasteiger charge is -2.03. The number of hydrogen-bond donors (Lipinski definition) is 2. The fourth-order valence-corrected chi connectivity index (χ4v) is 1.98. The number of fused-ring (bicyclic) bond motifs is 1. The van der Waals surface area contributed by atoms with E-state index in [9.17, 15) is 0 Å². The Balaban J connectivity index is 2.09. The SMILES string of the molecule is Cc1nc2cc(CCNCCN)ccc2n1C. The first-order valence-electron chi connectivity index (χ1n) is 6.05. The van der Waals surface area contributed by atoms with Crippen LogP contribution in [0.15, 0.2) is 18.2 Å². The van der Waals surface area contributed by atoms with Crippen molar-refractivity contribution in [2.75, 3.05) is 19.6 Å². The highest BCUT2D eigenvalue weighted by Crippen LogP contribution is 2.16. The average Bonchev–Trinajstić information content (AvgIpc) is 2.61. The van der Waals surface area contributed by atoms with Crippen LogP contribution in [-0.2, 0) is 13.5 Å². The molecule has 4 heteroatoms. The van der Waals surface area contributed by atoms with E-state index in [2.05, 4.69) is 33.1 Å². The van der Waals surface area contributed by atoms with Crippen LogP contribution in [0.3, 0.4) is 0 Å². The van der Waals surface area contributed by atoms with Crippen molar-refractivity contribution in [2.24, 2.45) is 12.8 Å². The molecule has 1 heterocycles. The zero-order valence-corrected chi connectivity index (χ0v) is 10.5. The molecule has 17 heavy (non-hydrogen) atoms. The molecule has 0 aliphatic carbocycles. The van der Waals surface area contributed by atoms with Crippen molar-refractivity contribution in [2.45, 2.75) is 13.3 Å². The predicted octanol–water partition coefficient (Wildman–Crippen LogP) is 0.973. The smallest absolute Gasteiger partial charge is 0.106 e. The Bertz CT molecular complexity index is 501. The largest absolute Gasteiger partial charge is 0.331 e. The molecule has 1 aromatic heterocycles. The van der Waals surface area contributed by atoms with Gasteiger partial charge in [0.05, 0.1) is 11.0 Å². The minimum absolute atomic E-state index is 0.693. The molecule has 1 aromatic carbocycles. The monoisotopic (exact) mass is 232 g/mol. The average molecular weight is 232 g/mol. The predicted molar refractivity (Wildman–Crippen MR) is 71.1 cm³/mol. The topological polar surface area (TPSA) is 55.9 Å². The van der Waals surface area contributed by atoms with Crippen LogP contribution in [0.1, 0.15) is 11.4 Å². The van der Waals surface area contributed by atoms with Crippen molar-refractivity contribution in [3.05, 3.63) is 29.6 Å². The van der Waals surface area contributed by atoms with Gasteiger partial charge in [0.2, 0.25) is 0 Å². The number of nitrogens with zero attached hydrogens (tertiary/aromatic N) is 2. The van der Waals surface area contributed by atoms with E-state index >= 15 is 0 Å². The molecule has 0 aliphatic heterocycles. The number of imidazole rings is 1. The molecule has 92 valence electrons. The summed E-state index contributed by atoms with van der Waals surface area (Å²) >= 11 is 0. The van der Waals surface area contributed by atoms with Crippen LogP contribution in [-0.4, -0.2) is 29.2 Å². The summed E-state index contributed by atoms with van der Waals surface area (Å²) in [5, 5.41) is 3.30. The van der Waals surface area contributed by atoms with Crippen molar-refractivity contribution in [3.8, 4) is 0 Å². The Labute approximate surface area is 102 Å². The molecule has 0 saturated heterocycles. The van der Waals surface area contributed by atoms with Crippen molar-refractivity contribution >= 4 is 11.0 Å². The van der Waals surface area contributed by atoms with Crippen molar-refractivity contribution in [1.82, 2.24) is 14.9 Å². The molecule has 0 fully saturated rings. The van der Waals surface area contributed by atoms with Gasteiger partial charge in [0.15, 0.2) is 0 Å². The number of nitrogens with two attached hydrogens (primary N) is 1. The standard InChI is InChI=1S/C13H20N4/c1-10-16-12-9-11(5-7-15-8-6-14)3-4-13(12)17(10)2/h3-4,9,15H,5-8,14H2,1-2H3. The molecule has 2 rings (SSSR count). The maximum absolute atomic E-state index is 5.43. The fraction of sp³-hybridized carbons (Fsp3) is 0.462. The van der Waals surface area contributed by atoms with Crippen molar-refractivity contribution in [1.29, 1.82) is 0 Å². The van der Waals surface area contributed by atoms with Crippen LogP contribution < -0.4 is 11.1 Å². The maximum atomic E-state index is 5.43. The van der Waals surface area contributed by atoms with Gasteiger partial charge in [-0.15, -0.1) is 0 Å². The summed E-state index contributed by atoms with van der Waals surface area (Å²) in [6, 6.07) is 6.49. The molecule has 3 N–H and O–H groups in total. The molecule has 0 bridgehead atoms. The summed E-state index contributed by atoms with van der Waals surface area (Å²) in [6.45, 7) is 4.57. The van der Waals surface area contributed by atoms with E-state index in [1.165, 1.54) is 11.1 Å². The summed E-state index contributed by atoms with van der Waals surface area (Å²) in [5.74, 6) is 1.05. The van der Waals surface area contributed by atoms with Gasteiger partial charge in [-0.05, 0) is 37.6 Å². The highest BCUT2D eigenvalue weighted by Gasteiger charge is 2.04. The van der Waals surface area contributed by atoms with Gasteiger partial charge >= 0.3 is 0 Å². The number of nitrogens with one attached hydrogen (secondary N) is 1. The Morgan fingerprint density at radius 2 is 2.18 bits per heavy atom. The molecule has 0 amide bonds. The van der Waals surface area contributed by atoms with E-state index in [1.54, 1.807) is 0 Å². The van der Waals surface area contributed by atoms with Gasteiger partial charge in [-0.3, -0.25) is 0 Å². The van der Waals surface area contributed by atoms with Crippen LogP contribution in [0.25, 0.3) is 11.0 Å². The van der Waals surface area contributed by atoms with E-state index in [4.69, 9.17) is 5.73 Å². The van der Waals surface area contributed by atoms with E-state index < -0.39 is 0 Å². The first-order valence-corrected chi connectivity index (χ1v) is 6.05. The molecule has 0 atom stereocenters. The first-order chi connectivity index (χ1) is 8.22. The summed E-state index contributed by atoms with van der Waals surface area (Å²) in [5.41, 5.74) is 9.03. The van der Waals surface area contributed by atoms with Crippen molar-refractivity contribution < 1.29 is 0 Å². The summed E-state index contributed by atoms with van der Waals surface area (Å²) in [7, 11) is 2.05. The number of rotatable bonds is 5. The van der Waals surface area contributed by atoms with Crippen LogP contribution in [0.4, 0.5) is 0 Å². The lowest BCUT2D eigenvalue weighted by Crippen LogP contribution is -2.24. The highest BCUT2D eigenvalue weighted by molar-refractivity contribution is 5.76. The van der Waals surface area contributed by atoms with E-state index in [1.807, 2.05) is 14.0 Å². The zero-order chi connectivity index (χ0) is 12.3. The van der Waals surface area contributed by atoms with E-state index in [0.29, 0.717) is 6.54 Å². The lowest BCUT2D eigenvalue weighted by molar-refractivity contribution is 0.689. The second kappa shape index (κ2) is 5.29. The van der Waals surface area contributed by atoms with Crippen LogP contribution >= 0.6 is 0 Å². The summed E-state index contributed by atoms with van der Waals surface area (Å²) in [6.07, 6.45) is 1.02. The quantitative estimate of drug-likeness (QED) is 0.755. The number of benzene rings is 1. The third-order valence-electron chi connectivity index (χ3n) is 3.08. The number of hydrogen-bond acceptors (Lipinski definition) is 3. The molecular formula is C13H20N4. The lowest BCUT2D eigenvalue weighted by atomic mass is 10.1. The van der Waals surface area contributed by atoms with Gasteiger partial charge in [0.1, 0.15) is 5.82 Å². The third kappa shape index (κ3) is 2.65. The normalized spacial score (nSPS) is 11.2. The minimum Gasteiger partial charge on any atom is -0.331 e. The van der Waals surface area contributed by atoms with Gasteiger partial charge in [-0.1, -0.05) is 6.07 Å². The molecule has 0 unspecified atom stereocenters. The fourth-order valence-electron chi connectivity index (χ4n) is 1.98. The van der Waals surface area contributed by atoms with Crippen LogP contribution in [0.2, 0.25) is 0 Å².